The second-order valence-electron chi connectivity index (χ2n) is 3.44. The molecule has 3 nitrogen and oxygen atoms in total. The second-order valence-corrected chi connectivity index (χ2v) is 4.22. The van der Waals surface area contributed by atoms with Crippen LogP contribution in [0.15, 0.2) is 30.5 Å². The lowest BCUT2D eigenvalue weighted by atomic mass is 10.0. The number of nitrogens with zero attached hydrogens (tertiary/aromatic N) is 2. The molecule has 84 valence electrons. The van der Waals surface area contributed by atoms with Crippen LogP contribution in [0.25, 0.3) is 0 Å². The Labute approximate surface area is 97.5 Å². The molecule has 16 heavy (non-hydrogen) atoms. The standard InChI is InChI=1S/C11H12FN3S/c1-2-10(14-11-7-13-15-16-11)8-3-5-9(12)6-4-8/h3-7,10,14H,2H2,1H3. The molecule has 0 aliphatic carbocycles. The Bertz CT molecular complexity index is 427. The average molecular weight is 237 g/mol. The molecule has 0 aliphatic rings. The third-order valence-electron chi connectivity index (χ3n) is 2.36. The Morgan fingerprint density at radius 2 is 2.12 bits per heavy atom. The maximum atomic E-state index is 12.8. The van der Waals surface area contributed by atoms with Gasteiger partial charge in [0.1, 0.15) is 10.8 Å². The van der Waals surface area contributed by atoms with Gasteiger partial charge >= 0.3 is 0 Å². The minimum atomic E-state index is -0.210. The summed E-state index contributed by atoms with van der Waals surface area (Å²) in [4.78, 5) is 0. The Morgan fingerprint density at radius 3 is 2.69 bits per heavy atom. The van der Waals surface area contributed by atoms with Crippen LogP contribution in [0.1, 0.15) is 24.9 Å². The van der Waals surface area contributed by atoms with E-state index >= 15 is 0 Å². The fraction of sp³-hybridized carbons (Fsp3) is 0.273. The van der Waals surface area contributed by atoms with Crippen LogP contribution in [0.2, 0.25) is 0 Å². The lowest BCUT2D eigenvalue weighted by Crippen LogP contribution is -2.08. The van der Waals surface area contributed by atoms with Crippen LogP contribution >= 0.6 is 11.5 Å². The number of nitrogens with one attached hydrogen (secondary N) is 1. The lowest BCUT2D eigenvalue weighted by Gasteiger charge is -2.16. The zero-order chi connectivity index (χ0) is 11.4. The fourth-order valence-electron chi connectivity index (χ4n) is 1.52. The maximum absolute atomic E-state index is 12.8. The van der Waals surface area contributed by atoms with Gasteiger partial charge in [0.05, 0.1) is 12.2 Å². The van der Waals surface area contributed by atoms with Crippen LogP contribution in [0.3, 0.4) is 0 Å². The van der Waals surface area contributed by atoms with E-state index in [2.05, 4.69) is 21.8 Å². The Hall–Kier alpha value is -1.49. The van der Waals surface area contributed by atoms with Crippen molar-refractivity contribution >= 4 is 16.5 Å². The SMILES string of the molecule is CCC(Nc1cnns1)c1ccc(F)cc1. The molecule has 0 saturated carbocycles. The fourth-order valence-corrected chi connectivity index (χ4v) is 1.99. The number of hydrogen-bond acceptors (Lipinski definition) is 4. The van der Waals surface area contributed by atoms with Crippen molar-refractivity contribution in [2.45, 2.75) is 19.4 Å². The van der Waals surface area contributed by atoms with Crippen molar-refractivity contribution in [1.29, 1.82) is 0 Å². The van der Waals surface area contributed by atoms with E-state index in [-0.39, 0.29) is 11.9 Å². The van der Waals surface area contributed by atoms with Crippen molar-refractivity contribution in [3.8, 4) is 0 Å². The monoisotopic (exact) mass is 237 g/mol. The minimum absolute atomic E-state index is 0.169. The van der Waals surface area contributed by atoms with Gasteiger partial charge < -0.3 is 5.32 Å². The number of aromatic nitrogens is 2. The van der Waals surface area contributed by atoms with Gasteiger partial charge in [-0.15, -0.1) is 5.10 Å². The summed E-state index contributed by atoms with van der Waals surface area (Å²) in [5.74, 6) is -0.210. The number of rotatable bonds is 4. The van der Waals surface area contributed by atoms with Gasteiger partial charge in [-0.25, -0.2) is 4.39 Å². The molecule has 1 aromatic heterocycles. The lowest BCUT2D eigenvalue weighted by molar-refractivity contribution is 0.625. The molecule has 1 aromatic carbocycles. The summed E-state index contributed by atoms with van der Waals surface area (Å²) in [5, 5.41) is 8.01. The van der Waals surface area contributed by atoms with Crippen molar-refractivity contribution < 1.29 is 4.39 Å². The molecular weight excluding hydrogens is 225 g/mol. The molecule has 1 atom stereocenters. The molecule has 0 fully saturated rings. The number of anilines is 1. The second kappa shape index (κ2) is 5.03. The normalized spacial score (nSPS) is 12.4. The molecular formula is C11H12FN3S. The number of hydrogen-bond donors (Lipinski definition) is 1. The first-order valence-electron chi connectivity index (χ1n) is 5.09. The summed E-state index contributed by atoms with van der Waals surface area (Å²) in [5.41, 5.74) is 1.07. The van der Waals surface area contributed by atoms with E-state index < -0.39 is 0 Å². The molecule has 1 heterocycles. The van der Waals surface area contributed by atoms with Crippen molar-refractivity contribution in [2.75, 3.05) is 5.32 Å². The van der Waals surface area contributed by atoms with Gasteiger partial charge in [-0.05, 0) is 24.1 Å². The molecule has 5 heteroatoms. The third kappa shape index (κ3) is 2.55. The highest BCUT2D eigenvalue weighted by Crippen LogP contribution is 2.23. The van der Waals surface area contributed by atoms with Crippen LogP contribution < -0.4 is 5.32 Å². The Morgan fingerprint density at radius 1 is 1.38 bits per heavy atom. The van der Waals surface area contributed by atoms with Gasteiger partial charge in [0.15, 0.2) is 0 Å². The first kappa shape index (κ1) is 11.0. The van der Waals surface area contributed by atoms with Gasteiger partial charge in [-0.1, -0.05) is 23.5 Å². The van der Waals surface area contributed by atoms with E-state index in [0.29, 0.717) is 0 Å². The minimum Gasteiger partial charge on any atom is -0.368 e. The summed E-state index contributed by atoms with van der Waals surface area (Å²) in [6.45, 7) is 2.08. The quantitative estimate of drug-likeness (QED) is 0.887. The van der Waals surface area contributed by atoms with Crippen LogP contribution in [0, 0.1) is 5.82 Å². The highest BCUT2D eigenvalue weighted by atomic mass is 32.1. The zero-order valence-corrected chi connectivity index (χ0v) is 9.67. The molecule has 1 unspecified atom stereocenters. The van der Waals surface area contributed by atoms with E-state index in [1.807, 2.05) is 0 Å². The van der Waals surface area contributed by atoms with Gasteiger partial charge in [0.2, 0.25) is 0 Å². The Kier molecular flexibility index (Phi) is 3.46. The van der Waals surface area contributed by atoms with Gasteiger partial charge in [-0.3, -0.25) is 0 Å². The largest absolute Gasteiger partial charge is 0.368 e. The van der Waals surface area contributed by atoms with Crippen LogP contribution in [-0.2, 0) is 0 Å². The van der Waals surface area contributed by atoms with Crippen LogP contribution in [0.5, 0.6) is 0 Å². The highest BCUT2D eigenvalue weighted by Gasteiger charge is 2.09. The van der Waals surface area contributed by atoms with Gasteiger partial charge in [0.25, 0.3) is 0 Å². The zero-order valence-electron chi connectivity index (χ0n) is 8.85. The molecule has 2 aromatic rings. The van der Waals surface area contributed by atoms with E-state index in [1.165, 1.54) is 23.7 Å². The molecule has 0 radical (unpaired) electrons. The summed E-state index contributed by atoms with van der Waals surface area (Å²) in [7, 11) is 0. The number of halogens is 1. The molecule has 0 saturated heterocycles. The van der Waals surface area contributed by atoms with Crippen molar-refractivity contribution in [2.24, 2.45) is 0 Å². The topological polar surface area (TPSA) is 37.8 Å². The van der Waals surface area contributed by atoms with Crippen molar-refractivity contribution in [3.05, 3.63) is 41.8 Å². The van der Waals surface area contributed by atoms with Crippen LogP contribution in [-0.4, -0.2) is 9.59 Å². The molecule has 0 amide bonds. The third-order valence-corrected chi connectivity index (χ3v) is 2.95. The summed E-state index contributed by atoms with van der Waals surface area (Å²) in [6, 6.07) is 6.72. The van der Waals surface area contributed by atoms with E-state index in [4.69, 9.17) is 0 Å². The van der Waals surface area contributed by atoms with E-state index in [1.54, 1.807) is 18.3 Å². The number of benzene rings is 1. The predicted octanol–water partition coefficient (Wildman–Crippen LogP) is 3.24. The smallest absolute Gasteiger partial charge is 0.130 e. The average Bonchev–Trinajstić information content (AvgIpc) is 2.80. The van der Waals surface area contributed by atoms with Gasteiger partial charge in [-0.2, -0.15) is 0 Å². The predicted molar refractivity (Wildman–Crippen MR) is 63.0 cm³/mol. The molecule has 0 spiro atoms. The highest BCUT2D eigenvalue weighted by molar-refractivity contribution is 7.09. The summed E-state index contributed by atoms with van der Waals surface area (Å²) < 4.78 is 16.6. The first-order valence-corrected chi connectivity index (χ1v) is 5.86. The molecule has 0 aliphatic heterocycles. The van der Waals surface area contributed by atoms with Gasteiger partial charge in [0, 0.05) is 11.5 Å². The van der Waals surface area contributed by atoms with Crippen molar-refractivity contribution in [3.63, 3.8) is 0 Å². The molecule has 0 bridgehead atoms. The maximum Gasteiger partial charge on any atom is 0.130 e. The molecule has 2 rings (SSSR count). The Balaban J connectivity index is 2.13. The summed E-state index contributed by atoms with van der Waals surface area (Å²) >= 11 is 1.32. The van der Waals surface area contributed by atoms with Crippen LogP contribution in [0.4, 0.5) is 9.39 Å². The van der Waals surface area contributed by atoms with E-state index in [0.717, 1.165) is 17.0 Å². The van der Waals surface area contributed by atoms with E-state index in [9.17, 15) is 4.39 Å². The first-order chi connectivity index (χ1) is 7.79. The summed E-state index contributed by atoms with van der Waals surface area (Å²) in [6.07, 6.45) is 2.61. The van der Waals surface area contributed by atoms with Crippen molar-refractivity contribution in [1.82, 2.24) is 9.59 Å². The molecule has 1 N–H and O–H groups in total.